The Labute approximate surface area is 140 Å². The summed E-state index contributed by atoms with van der Waals surface area (Å²) in [4.78, 5) is 52.1. The highest BCUT2D eigenvalue weighted by molar-refractivity contribution is 6.11. The predicted octanol–water partition coefficient (Wildman–Crippen LogP) is 0.871. The van der Waals surface area contributed by atoms with Crippen molar-refractivity contribution in [2.24, 2.45) is 35.5 Å². The topological polar surface area (TPSA) is 83.6 Å². The van der Waals surface area contributed by atoms with Gasteiger partial charge in [-0.3, -0.25) is 29.4 Å². The Balaban J connectivity index is 1.79. The van der Waals surface area contributed by atoms with Crippen molar-refractivity contribution in [2.45, 2.75) is 39.2 Å². The minimum absolute atomic E-state index is 0.166. The van der Waals surface area contributed by atoms with E-state index in [0.29, 0.717) is 12.8 Å². The molecule has 6 heteroatoms. The SMILES string of the molecule is CCC(C)(CC)N1C(=O)C2C3C=CC(C4C(=O)NC(=O)C34)C2C1=O. The molecular formula is C18H22N2O4. The van der Waals surface area contributed by atoms with Crippen LogP contribution >= 0.6 is 0 Å². The summed E-state index contributed by atoms with van der Waals surface area (Å²) in [5.41, 5.74) is -0.508. The highest BCUT2D eigenvalue weighted by Crippen LogP contribution is 2.57. The largest absolute Gasteiger partial charge is 0.296 e. The number of amides is 4. The van der Waals surface area contributed by atoms with E-state index in [9.17, 15) is 19.2 Å². The molecule has 2 aliphatic heterocycles. The Morgan fingerprint density at radius 3 is 1.67 bits per heavy atom. The summed E-state index contributed by atoms with van der Waals surface area (Å²) < 4.78 is 0. The number of carbonyl (C=O) groups excluding carboxylic acids is 4. The number of hydrogen-bond acceptors (Lipinski definition) is 4. The van der Waals surface area contributed by atoms with Crippen molar-refractivity contribution >= 4 is 23.6 Å². The summed E-state index contributed by atoms with van der Waals surface area (Å²) >= 11 is 0. The van der Waals surface area contributed by atoms with Gasteiger partial charge < -0.3 is 0 Å². The third-order valence-electron chi connectivity index (χ3n) is 6.91. The number of allylic oxidation sites excluding steroid dienone is 2. The summed E-state index contributed by atoms with van der Waals surface area (Å²) in [5, 5.41) is 2.39. The van der Waals surface area contributed by atoms with E-state index in [-0.39, 0.29) is 35.5 Å². The molecule has 3 aliphatic carbocycles. The van der Waals surface area contributed by atoms with Gasteiger partial charge in [-0.1, -0.05) is 26.0 Å². The molecule has 4 amide bonds. The molecule has 6 nitrogen and oxygen atoms in total. The average molecular weight is 330 g/mol. The lowest BCUT2D eigenvalue weighted by Crippen LogP contribution is -2.50. The molecule has 24 heavy (non-hydrogen) atoms. The third kappa shape index (κ3) is 1.61. The number of nitrogens with zero attached hydrogens (tertiary/aromatic N) is 1. The zero-order valence-electron chi connectivity index (χ0n) is 14.1. The van der Waals surface area contributed by atoms with Crippen LogP contribution in [0.2, 0.25) is 0 Å². The number of carbonyl (C=O) groups is 4. The molecule has 3 fully saturated rings. The second-order valence-corrected chi connectivity index (χ2v) is 7.71. The molecule has 5 rings (SSSR count). The molecule has 1 N–H and O–H groups in total. The zero-order chi connectivity index (χ0) is 17.4. The molecule has 1 saturated carbocycles. The Hall–Kier alpha value is -1.98. The van der Waals surface area contributed by atoms with E-state index in [1.54, 1.807) is 0 Å². The molecule has 0 radical (unpaired) electrons. The van der Waals surface area contributed by atoms with Gasteiger partial charge in [0, 0.05) is 17.4 Å². The fourth-order valence-electron chi connectivity index (χ4n) is 5.25. The van der Waals surface area contributed by atoms with Crippen LogP contribution in [0.25, 0.3) is 0 Å². The first-order valence-corrected chi connectivity index (χ1v) is 8.76. The second kappa shape index (κ2) is 4.77. The fourth-order valence-corrected chi connectivity index (χ4v) is 5.25. The smallest absolute Gasteiger partial charge is 0.234 e. The molecule has 6 unspecified atom stereocenters. The van der Waals surface area contributed by atoms with Crippen LogP contribution in [0.1, 0.15) is 33.6 Å². The first-order valence-electron chi connectivity index (χ1n) is 8.76. The highest BCUT2D eigenvalue weighted by Gasteiger charge is 2.68. The lowest BCUT2D eigenvalue weighted by Gasteiger charge is -2.44. The lowest BCUT2D eigenvalue weighted by molar-refractivity contribution is -0.147. The van der Waals surface area contributed by atoms with Crippen molar-refractivity contribution in [3.8, 4) is 0 Å². The zero-order valence-corrected chi connectivity index (χ0v) is 14.1. The minimum atomic E-state index is -0.508. The van der Waals surface area contributed by atoms with Crippen molar-refractivity contribution in [3.05, 3.63) is 12.2 Å². The first kappa shape index (κ1) is 15.5. The highest BCUT2D eigenvalue weighted by atomic mass is 16.2. The van der Waals surface area contributed by atoms with Crippen LogP contribution in [0.15, 0.2) is 12.2 Å². The lowest BCUT2D eigenvalue weighted by atomic mass is 9.54. The Bertz CT molecular complexity index is 645. The summed E-state index contributed by atoms with van der Waals surface area (Å²) in [5.74, 6) is -3.62. The van der Waals surface area contributed by atoms with Crippen LogP contribution in [0.3, 0.4) is 0 Å². The van der Waals surface area contributed by atoms with Gasteiger partial charge in [-0.15, -0.1) is 0 Å². The standard InChI is InChI=1S/C18H22N2O4/c1-4-18(3,5-2)20-16(23)12-8-6-7-9(13(12)17(20)24)11-10(8)14(21)19-15(11)22/h6-13H,4-5H2,1-3H3,(H,19,21,22). The predicted molar refractivity (Wildman–Crippen MR) is 84.1 cm³/mol. The molecule has 2 saturated heterocycles. The van der Waals surface area contributed by atoms with E-state index < -0.39 is 29.2 Å². The average Bonchev–Trinajstić information content (AvgIpc) is 3.04. The maximum absolute atomic E-state index is 13.1. The van der Waals surface area contributed by atoms with Gasteiger partial charge in [0.1, 0.15) is 0 Å². The monoisotopic (exact) mass is 330 g/mol. The van der Waals surface area contributed by atoms with E-state index in [4.69, 9.17) is 0 Å². The normalized spacial score (nSPS) is 40.2. The molecular weight excluding hydrogens is 308 g/mol. The van der Waals surface area contributed by atoms with Crippen LogP contribution in [-0.2, 0) is 19.2 Å². The molecule has 0 aromatic carbocycles. The van der Waals surface area contributed by atoms with Gasteiger partial charge in [0.15, 0.2) is 0 Å². The second-order valence-electron chi connectivity index (χ2n) is 7.71. The van der Waals surface area contributed by atoms with Crippen molar-refractivity contribution < 1.29 is 19.2 Å². The van der Waals surface area contributed by atoms with Crippen molar-refractivity contribution in [1.82, 2.24) is 10.2 Å². The molecule has 2 bridgehead atoms. The van der Waals surface area contributed by atoms with E-state index in [1.807, 2.05) is 32.9 Å². The molecule has 128 valence electrons. The van der Waals surface area contributed by atoms with Gasteiger partial charge >= 0.3 is 0 Å². The van der Waals surface area contributed by atoms with E-state index in [1.165, 1.54) is 4.90 Å². The Morgan fingerprint density at radius 1 is 0.875 bits per heavy atom. The van der Waals surface area contributed by atoms with Crippen LogP contribution in [0.4, 0.5) is 0 Å². The molecule has 0 aromatic heterocycles. The summed E-state index contributed by atoms with van der Waals surface area (Å²) in [7, 11) is 0. The number of imide groups is 2. The van der Waals surface area contributed by atoms with Gasteiger partial charge in [0.05, 0.1) is 23.7 Å². The fraction of sp³-hybridized carbons (Fsp3) is 0.667. The van der Waals surface area contributed by atoms with Crippen LogP contribution < -0.4 is 5.32 Å². The quantitative estimate of drug-likeness (QED) is 0.615. The van der Waals surface area contributed by atoms with Gasteiger partial charge in [0.25, 0.3) is 0 Å². The molecule has 2 heterocycles. The molecule has 6 atom stereocenters. The van der Waals surface area contributed by atoms with Gasteiger partial charge in [-0.05, 0) is 19.8 Å². The van der Waals surface area contributed by atoms with Crippen LogP contribution in [0.5, 0.6) is 0 Å². The van der Waals surface area contributed by atoms with E-state index >= 15 is 0 Å². The third-order valence-corrected chi connectivity index (χ3v) is 6.91. The number of rotatable bonds is 3. The first-order chi connectivity index (χ1) is 11.4. The van der Waals surface area contributed by atoms with Crippen molar-refractivity contribution in [2.75, 3.05) is 0 Å². The summed E-state index contributed by atoms with van der Waals surface area (Å²) in [6.45, 7) is 5.89. The number of nitrogens with one attached hydrogen (secondary N) is 1. The minimum Gasteiger partial charge on any atom is -0.296 e. The van der Waals surface area contributed by atoms with Gasteiger partial charge in [0.2, 0.25) is 23.6 Å². The van der Waals surface area contributed by atoms with Crippen molar-refractivity contribution in [3.63, 3.8) is 0 Å². The van der Waals surface area contributed by atoms with Crippen LogP contribution in [-0.4, -0.2) is 34.1 Å². The number of hydrogen-bond donors (Lipinski definition) is 1. The Kier molecular flexibility index (Phi) is 3.09. The van der Waals surface area contributed by atoms with Crippen molar-refractivity contribution in [1.29, 1.82) is 0 Å². The molecule has 0 aromatic rings. The van der Waals surface area contributed by atoms with E-state index in [2.05, 4.69) is 5.32 Å². The van der Waals surface area contributed by atoms with E-state index in [0.717, 1.165) is 0 Å². The number of likely N-dealkylation sites (tertiary alicyclic amines) is 1. The maximum atomic E-state index is 13.1. The Morgan fingerprint density at radius 2 is 1.29 bits per heavy atom. The summed E-state index contributed by atoms with van der Waals surface area (Å²) in [6.07, 6.45) is 5.15. The van der Waals surface area contributed by atoms with Gasteiger partial charge in [-0.2, -0.15) is 0 Å². The van der Waals surface area contributed by atoms with Crippen LogP contribution in [0, 0.1) is 35.5 Å². The molecule has 5 aliphatic rings. The van der Waals surface area contributed by atoms with Gasteiger partial charge in [-0.25, -0.2) is 0 Å². The maximum Gasteiger partial charge on any atom is 0.234 e. The summed E-state index contributed by atoms with van der Waals surface area (Å²) in [6, 6.07) is 0. The molecule has 0 spiro atoms.